The zero-order valence-corrected chi connectivity index (χ0v) is 15.9. The summed E-state index contributed by atoms with van der Waals surface area (Å²) < 4.78 is 27.2. The van der Waals surface area contributed by atoms with Gasteiger partial charge in [0.2, 0.25) is 10.0 Å². The van der Waals surface area contributed by atoms with Crippen LogP contribution in [-0.4, -0.2) is 43.7 Å². The largest absolute Gasteiger partial charge is 0.297 e. The molecule has 2 heterocycles. The van der Waals surface area contributed by atoms with E-state index in [1.165, 1.54) is 0 Å². The minimum absolute atomic E-state index is 0.148. The molecule has 1 aliphatic heterocycles. The number of hydrogen-bond donors (Lipinski definition) is 1. The van der Waals surface area contributed by atoms with Crippen LogP contribution in [0.2, 0.25) is 0 Å². The smallest absolute Gasteiger partial charge is 0.211 e. The summed E-state index contributed by atoms with van der Waals surface area (Å²) in [5.41, 5.74) is 2.15. The van der Waals surface area contributed by atoms with E-state index in [0.717, 1.165) is 43.7 Å². The molecule has 5 nitrogen and oxygen atoms in total. The monoisotopic (exact) mass is 373 g/mol. The quantitative estimate of drug-likeness (QED) is 0.772. The van der Waals surface area contributed by atoms with Crippen molar-refractivity contribution in [3.05, 3.63) is 66.0 Å². The Kier molecular flexibility index (Phi) is 6.77. The Morgan fingerprint density at radius 1 is 1.04 bits per heavy atom. The van der Waals surface area contributed by atoms with E-state index >= 15 is 0 Å². The number of nitrogens with one attached hydrogen (secondary N) is 1. The standard InChI is InChI=1S/C20H27N3O2S/c24-26(25,15-11-18-6-2-1-3-7-18)22-16-19-9-13-23(14-10-19)17-20-8-4-5-12-21-20/h1-8,12,19,22H,9-11,13-17H2. The lowest BCUT2D eigenvalue weighted by atomic mass is 9.97. The molecule has 0 spiro atoms. The maximum Gasteiger partial charge on any atom is 0.211 e. The Morgan fingerprint density at radius 3 is 2.46 bits per heavy atom. The number of nitrogens with zero attached hydrogens (tertiary/aromatic N) is 2. The maximum atomic E-state index is 12.2. The molecular formula is C20H27N3O2S. The van der Waals surface area contributed by atoms with Crippen molar-refractivity contribution < 1.29 is 8.42 Å². The first kappa shape index (κ1) is 19.0. The number of hydrogen-bond acceptors (Lipinski definition) is 4. The molecule has 26 heavy (non-hydrogen) atoms. The van der Waals surface area contributed by atoms with E-state index < -0.39 is 10.0 Å². The van der Waals surface area contributed by atoms with Crippen LogP contribution in [0.5, 0.6) is 0 Å². The van der Waals surface area contributed by atoms with Gasteiger partial charge in [-0.25, -0.2) is 13.1 Å². The molecule has 2 aromatic rings. The number of sulfonamides is 1. The second-order valence-electron chi connectivity index (χ2n) is 6.94. The van der Waals surface area contributed by atoms with Crippen molar-refractivity contribution in [1.29, 1.82) is 0 Å². The molecule has 1 aromatic carbocycles. The van der Waals surface area contributed by atoms with Gasteiger partial charge in [-0.05, 0) is 56.0 Å². The third-order valence-electron chi connectivity index (χ3n) is 4.91. The molecule has 1 aromatic heterocycles. The first-order valence-corrected chi connectivity index (χ1v) is 10.9. The fourth-order valence-corrected chi connectivity index (χ4v) is 4.42. The van der Waals surface area contributed by atoms with Crippen molar-refractivity contribution in [2.24, 2.45) is 5.92 Å². The van der Waals surface area contributed by atoms with E-state index in [1.807, 2.05) is 54.7 Å². The van der Waals surface area contributed by atoms with Crippen LogP contribution in [0.4, 0.5) is 0 Å². The van der Waals surface area contributed by atoms with Gasteiger partial charge in [-0.2, -0.15) is 0 Å². The van der Waals surface area contributed by atoms with Crippen LogP contribution < -0.4 is 4.72 Å². The summed E-state index contributed by atoms with van der Waals surface area (Å²) in [5.74, 6) is 0.566. The van der Waals surface area contributed by atoms with Gasteiger partial charge in [0.05, 0.1) is 11.4 Å². The van der Waals surface area contributed by atoms with Crippen molar-refractivity contribution in [1.82, 2.24) is 14.6 Å². The highest BCUT2D eigenvalue weighted by Crippen LogP contribution is 2.18. The molecule has 1 N–H and O–H groups in total. The Balaban J connectivity index is 1.37. The molecule has 0 saturated carbocycles. The van der Waals surface area contributed by atoms with Gasteiger partial charge in [-0.1, -0.05) is 36.4 Å². The highest BCUT2D eigenvalue weighted by molar-refractivity contribution is 7.89. The highest BCUT2D eigenvalue weighted by Gasteiger charge is 2.21. The first-order valence-electron chi connectivity index (χ1n) is 9.24. The van der Waals surface area contributed by atoms with E-state index in [0.29, 0.717) is 18.9 Å². The topological polar surface area (TPSA) is 62.3 Å². The summed E-state index contributed by atoms with van der Waals surface area (Å²) >= 11 is 0. The minimum atomic E-state index is -3.21. The lowest BCUT2D eigenvalue weighted by Gasteiger charge is -2.31. The predicted octanol–water partition coefficient (Wildman–Crippen LogP) is 2.46. The lowest BCUT2D eigenvalue weighted by molar-refractivity contribution is 0.177. The number of benzene rings is 1. The number of aryl methyl sites for hydroxylation is 1. The summed E-state index contributed by atoms with van der Waals surface area (Å²) in [5, 5.41) is 0. The van der Waals surface area contributed by atoms with Gasteiger partial charge in [0.25, 0.3) is 0 Å². The fraction of sp³-hybridized carbons (Fsp3) is 0.450. The molecule has 0 unspecified atom stereocenters. The number of rotatable bonds is 8. The molecule has 0 atom stereocenters. The van der Waals surface area contributed by atoms with Crippen LogP contribution in [0.1, 0.15) is 24.1 Å². The third kappa shape index (κ3) is 6.20. The third-order valence-corrected chi connectivity index (χ3v) is 6.26. The van der Waals surface area contributed by atoms with E-state index in [2.05, 4.69) is 14.6 Å². The van der Waals surface area contributed by atoms with Crippen LogP contribution in [0.3, 0.4) is 0 Å². The molecule has 1 aliphatic rings. The van der Waals surface area contributed by atoms with Crippen molar-refractivity contribution in [2.75, 3.05) is 25.4 Å². The molecule has 140 valence electrons. The van der Waals surface area contributed by atoms with Crippen molar-refractivity contribution in [3.8, 4) is 0 Å². The number of piperidine rings is 1. The van der Waals surface area contributed by atoms with Gasteiger partial charge in [-0.3, -0.25) is 9.88 Å². The van der Waals surface area contributed by atoms with Crippen LogP contribution >= 0.6 is 0 Å². The molecular weight excluding hydrogens is 346 g/mol. The molecule has 0 bridgehead atoms. The molecule has 1 saturated heterocycles. The minimum Gasteiger partial charge on any atom is -0.297 e. The molecule has 1 fully saturated rings. The predicted molar refractivity (Wildman–Crippen MR) is 104 cm³/mol. The van der Waals surface area contributed by atoms with Crippen LogP contribution in [0.15, 0.2) is 54.7 Å². The zero-order chi connectivity index (χ0) is 18.2. The van der Waals surface area contributed by atoms with E-state index in [1.54, 1.807) is 0 Å². The van der Waals surface area contributed by atoms with Gasteiger partial charge in [-0.15, -0.1) is 0 Å². The number of pyridine rings is 1. The van der Waals surface area contributed by atoms with Gasteiger partial charge < -0.3 is 0 Å². The van der Waals surface area contributed by atoms with E-state index in [9.17, 15) is 8.42 Å². The zero-order valence-electron chi connectivity index (χ0n) is 15.0. The molecule has 0 amide bonds. The summed E-state index contributed by atoms with van der Waals surface area (Å²) in [6.07, 6.45) is 4.42. The maximum absolute atomic E-state index is 12.2. The van der Waals surface area contributed by atoms with E-state index in [4.69, 9.17) is 0 Å². The Labute approximate surface area is 156 Å². The van der Waals surface area contributed by atoms with Crippen LogP contribution in [0.25, 0.3) is 0 Å². The van der Waals surface area contributed by atoms with Gasteiger partial charge >= 0.3 is 0 Å². The second kappa shape index (κ2) is 9.26. The summed E-state index contributed by atoms with van der Waals surface area (Å²) in [6.45, 7) is 3.41. The van der Waals surface area contributed by atoms with Crippen molar-refractivity contribution in [2.45, 2.75) is 25.8 Å². The first-order chi connectivity index (χ1) is 12.6. The summed E-state index contributed by atoms with van der Waals surface area (Å²) in [7, 11) is -3.21. The average molecular weight is 374 g/mol. The molecule has 0 radical (unpaired) electrons. The molecule has 6 heteroatoms. The highest BCUT2D eigenvalue weighted by atomic mass is 32.2. The Hall–Kier alpha value is -1.76. The van der Waals surface area contributed by atoms with E-state index in [-0.39, 0.29) is 5.75 Å². The second-order valence-corrected chi connectivity index (χ2v) is 8.87. The summed E-state index contributed by atoms with van der Waals surface area (Å²) in [4.78, 5) is 6.76. The van der Waals surface area contributed by atoms with Gasteiger partial charge in [0.15, 0.2) is 0 Å². The Morgan fingerprint density at radius 2 is 1.77 bits per heavy atom. The lowest BCUT2D eigenvalue weighted by Crippen LogP contribution is -2.39. The van der Waals surface area contributed by atoms with Crippen molar-refractivity contribution in [3.63, 3.8) is 0 Å². The normalized spacial score (nSPS) is 16.6. The van der Waals surface area contributed by atoms with Gasteiger partial charge in [0.1, 0.15) is 0 Å². The summed E-state index contributed by atoms with van der Waals surface area (Å²) in [6, 6.07) is 15.7. The number of likely N-dealkylation sites (tertiary alicyclic amines) is 1. The van der Waals surface area contributed by atoms with Crippen LogP contribution in [0, 0.1) is 5.92 Å². The Bertz CT molecular complexity index is 758. The molecule has 0 aliphatic carbocycles. The molecule has 3 rings (SSSR count). The fourth-order valence-electron chi connectivity index (χ4n) is 3.28. The van der Waals surface area contributed by atoms with Crippen LogP contribution in [-0.2, 0) is 23.0 Å². The van der Waals surface area contributed by atoms with Crippen molar-refractivity contribution >= 4 is 10.0 Å². The SMILES string of the molecule is O=S(=O)(CCc1ccccc1)NCC1CCN(Cc2ccccn2)CC1. The number of aromatic nitrogens is 1. The average Bonchev–Trinajstić information content (AvgIpc) is 2.68. The van der Waals surface area contributed by atoms with Gasteiger partial charge in [0, 0.05) is 19.3 Å².